The van der Waals surface area contributed by atoms with E-state index in [1.54, 1.807) is 6.92 Å². The van der Waals surface area contributed by atoms with Crippen LogP contribution in [0.15, 0.2) is 23.8 Å². The van der Waals surface area contributed by atoms with Crippen LogP contribution in [-0.2, 0) is 28.6 Å². The normalized spacial score (nSPS) is 27.3. The van der Waals surface area contributed by atoms with Crippen LogP contribution in [0.1, 0.15) is 87.0 Å². The Kier molecular flexibility index (Phi) is 11.2. The molecule has 0 fully saturated rings. The Labute approximate surface area is 216 Å². The molecule has 0 heterocycles. The van der Waals surface area contributed by atoms with Gasteiger partial charge in [0, 0.05) is 19.3 Å². The predicted molar refractivity (Wildman–Crippen MR) is 138 cm³/mol. The van der Waals surface area contributed by atoms with Crippen molar-refractivity contribution < 1.29 is 33.7 Å². The number of aliphatic hydroxyl groups is 1. The number of carbonyl (C=O) groups excluding carboxylic acids is 3. The van der Waals surface area contributed by atoms with Crippen LogP contribution in [0.4, 0.5) is 0 Å². The fraction of sp³-hybridized carbons (Fsp3) is 0.759. The zero-order valence-corrected chi connectivity index (χ0v) is 23.1. The van der Waals surface area contributed by atoms with Crippen molar-refractivity contribution in [1.29, 1.82) is 0 Å². The number of carbonyl (C=O) groups is 3. The molecule has 0 amide bonds. The first-order valence-electron chi connectivity index (χ1n) is 13.5. The second-order valence-electron chi connectivity index (χ2n) is 11.2. The number of fused-ring (bicyclic) bond motifs is 1. The predicted octanol–water partition coefficient (Wildman–Crippen LogP) is 5.16. The maximum Gasteiger partial charge on any atom is 0.311 e. The molecular formula is C29H46O7. The summed E-state index contributed by atoms with van der Waals surface area (Å²) in [6, 6.07) is 0. The van der Waals surface area contributed by atoms with E-state index in [2.05, 4.69) is 32.1 Å². The van der Waals surface area contributed by atoms with Gasteiger partial charge in [-0.2, -0.15) is 0 Å². The van der Waals surface area contributed by atoms with Gasteiger partial charge in [-0.25, -0.2) is 0 Å². The second kappa shape index (κ2) is 13.4. The smallest absolute Gasteiger partial charge is 0.311 e. The molecule has 0 aliphatic heterocycles. The van der Waals surface area contributed by atoms with Crippen molar-refractivity contribution in [2.75, 3.05) is 6.61 Å². The number of hydrogen-bond donors (Lipinski definition) is 1. The SMILES string of the molecule is CCOC(=O)C[C@@H](C[C@H](O)CC[C@@H]1[C@@H]2C(=C[C@H](C)C[C@@H]2OC(=O)C(C)(C)CC)C=C[C@@H]1C)OC(C)=O. The second-order valence-corrected chi connectivity index (χ2v) is 11.2. The van der Waals surface area contributed by atoms with Crippen LogP contribution in [0.5, 0.6) is 0 Å². The zero-order valence-electron chi connectivity index (χ0n) is 23.1. The van der Waals surface area contributed by atoms with E-state index >= 15 is 0 Å². The van der Waals surface area contributed by atoms with E-state index in [-0.39, 0.29) is 49.3 Å². The van der Waals surface area contributed by atoms with E-state index in [4.69, 9.17) is 14.2 Å². The van der Waals surface area contributed by atoms with Gasteiger partial charge in [-0.3, -0.25) is 14.4 Å². The Morgan fingerprint density at radius 1 is 1.19 bits per heavy atom. The van der Waals surface area contributed by atoms with Crippen LogP contribution in [0.25, 0.3) is 0 Å². The highest BCUT2D eigenvalue weighted by Gasteiger charge is 2.43. The summed E-state index contributed by atoms with van der Waals surface area (Å²) in [6.45, 7) is 13.4. The van der Waals surface area contributed by atoms with Gasteiger partial charge in [0.1, 0.15) is 12.2 Å². The summed E-state index contributed by atoms with van der Waals surface area (Å²) in [5.74, 6) is -0.252. The first-order chi connectivity index (χ1) is 16.9. The Bertz CT molecular complexity index is 827. The van der Waals surface area contributed by atoms with E-state index in [0.29, 0.717) is 18.8 Å². The van der Waals surface area contributed by atoms with Crippen molar-refractivity contribution in [2.24, 2.45) is 29.1 Å². The van der Waals surface area contributed by atoms with Gasteiger partial charge in [-0.05, 0) is 69.8 Å². The highest BCUT2D eigenvalue weighted by Crippen LogP contribution is 2.45. The summed E-state index contributed by atoms with van der Waals surface area (Å²) in [4.78, 5) is 36.4. The molecule has 0 aromatic rings. The van der Waals surface area contributed by atoms with E-state index in [9.17, 15) is 19.5 Å². The average Bonchev–Trinajstić information content (AvgIpc) is 2.78. The summed E-state index contributed by atoms with van der Waals surface area (Å²) in [6.07, 6.45) is 7.78. The van der Waals surface area contributed by atoms with E-state index in [1.807, 2.05) is 20.8 Å². The third-order valence-electron chi connectivity index (χ3n) is 7.69. The summed E-state index contributed by atoms with van der Waals surface area (Å²) in [5.41, 5.74) is 0.676. The van der Waals surface area contributed by atoms with Gasteiger partial charge < -0.3 is 19.3 Å². The fourth-order valence-electron chi connectivity index (χ4n) is 5.28. The van der Waals surface area contributed by atoms with Gasteiger partial charge >= 0.3 is 17.9 Å². The molecule has 7 heteroatoms. The number of rotatable bonds is 12. The molecule has 204 valence electrons. The van der Waals surface area contributed by atoms with E-state index in [1.165, 1.54) is 12.5 Å². The molecule has 0 saturated carbocycles. The minimum atomic E-state index is -0.739. The summed E-state index contributed by atoms with van der Waals surface area (Å²) in [5, 5.41) is 10.8. The minimum Gasteiger partial charge on any atom is -0.466 e. The average molecular weight is 507 g/mol. The monoisotopic (exact) mass is 506 g/mol. The highest BCUT2D eigenvalue weighted by molar-refractivity contribution is 5.76. The molecule has 36 heavy (non-hydrogen) atoms. The van der Waals surface area contributed by atoms with Crippen LogP contribution >= 0.6 is 0 Å². The maximum absolute atomic E-state index is 13.0. The van der Waals surface area contributed by atoms with Gasteiger partial charge in [-0.15, -0.1) is 0 Å². The Morgan fingerprint density at radius 3 is 2.50 bits per heavy atom. The van der Waals surface area contributed by atoms with Gasteiger partial charge in [-0.1, -0.05) is 39.0 Å². The van der Waals surface area contributed by atoms with Crippen molar-refractivity contribution in [3.63, 3.8) is 0 Å². The molecule has 2 rings (SSSR count). The molecule has 0 unspecified atom stereocenters. The molecule has 2 aliphatic carbocycles. The summed E-state index contributed by atoms with van der Waals surface area (Å²) < 4.78 is 16.4. The standard InChI is InChI=1S/C29H46O7/c1-8-29(6,7)28(33)36-25-15-18(3)14-21-11-10-19(4)24(27(21)25)13-12-22(31)16-23(35-20(5)30)17-26(32)34-9-2/h10-11,14,18-19,22-25,27,31H,8-9,12-13,15-17H2,1-7H3/t18-,19-,22+,23+,24-,25-,27-/m0/s1. The van der Waals surface area contributed by atoms with Crippen molar-refractivity contribution in [1.82, 2.24) is 0 Å². The van der Waals surface area contributed by atoms with Crippen LogP contribution in [-0.4, -0.2) is 47.9 Å². The van der Waals surface area contributed by atoms with Crippen molar-refractivity contribution >= 4 is 17.9 Å². The van der Waals surface area contributed by atoms with Gasteiger partial charge in [0.15, 0.2) is 0 Å². The number of hydrogen-bond acceptors (Lipinski definition) is 7. The number of aliphatic hydroxyl groups excluding tert-OH is 1. The lowest BCUT2D eigenvalue weighted by molar-refractivity contribution is -0.165. The molecule has 1 N–H and O–H groups in total. The first kappa shape index (κ1) is 30.1. The molecule has 0 spiro atoms. The maximum atomic E-state index is 13.0. The third-order valence-corrected chi connectivity index (χ3v) is 7.69. The molecule has 2 aliphatic rings. The molecule has 7 nitrogen and oxygen atoms in total. The lowest BCUT2D eigenvalue weighted by Crippen LogP contribution is -2.43. The minimum absolute atomic E-state index is 0.0776. The lowest BCUT2D eigenvalue weighted by atomic mass is 9.65. The summed E-state index contributed by atoms with van der Waals surface area (Å²) >= 11 is 0. The molecule has 0 aromatic heterocycles. The number of ether oxygens (including phenoxy) is 3. The van der Waals surface area contributed by atoms with Crippen molar-refractivity contribution in [3.05, 3.63) is 23.8 Å². The zero-order chi connectivity index (χ0) is 27.0. The van der Waals surface area contributed by atoms with Crippen molar-refractivity contribution in [2.45, 2.75) is 105 Å². The lowest BCUT2D eigenvalue weighted by Gasteiger charge is -2.44. The molecular weight excluding hydrogens is 460 g/mol. The van der Waals surface area contributed by atoms with Crippen molar-refractivity contribution in [3.8, 4) is 0 Å². The Balaban J connectivity index is 2.12. The highest BCUT2D eigenvalue weighted by atomic mass is 16.6. The van der Waals surface area contributed by atoms with Gasteiger partial charge in [0.25, 0.3) is 0 Å². The Hall–Kier alpha value is -2.15. The van der Waals surface area contributed by atoms with Crippen LogP contribution in [0, 0.1) is 29.1 Å². The van der Waals surface area contributed by atoms with Crippen LogP contribution in [0.2, 0.25) is 0 Å². The quantitative estimate of drug-likeness (QED) is 0.288. The molecule has 0 aromatic carbocycles. The van der Waals surface area contributed by atoms with Gasteiger partial charge in [0.2, 0.25) is 0 Å². The van der Waals surface area contributed by atoms with Gasteiger partial charge in [0.05, 0.1) is 24.5 Å². The number of allylic oxidation sites excluding steroid dienone is 3. The fourth-order valence-corrected chi connectivity index (χ4v) is 5.28. The topological polar surface area (TPSA) is 99.1 Å². The van der Waals surface area contributed by atoms with Crippen LogP contribution < -0.4 is 0 Å². The molecule has 0 bridgehead atoms. The van der Waals surface area contributed by atoms with Crippen LogP contribution in [0.3, 0.4) is 0 Å². The first-order valence-corrected chi connectivity index (χ1v) is 13.5. The Morgan fingerprint density at radius 2 is 1.89 bits per heavy atom. The molecule has 0 saturated heterocycles. The number of esters is 3. The largest absolute Gasteiger partial charge is 0.466 e. The summed E-state index contributed by atoms with van der Waals surface area (Å²) in [7, 11) is 0. The van der Waals surface area contributed by atoms with E-state index in [0.717, 1.165) is 12.8 Å². The van der Waals surface area contributed by atoms with E-state index < -0.39 is 29.6 Å². The molecule has 0 radical (unpaired) electrons. The molecule has 7 atom stereocenters. The third kappa shape index (κ3) is 8.46.